The third kappa shape index (κ3) is 1.86. The van der Waals surface area contributed by atoms with Crippen LogP contribution in [0.1, 0.15) is 23.2 Å². The number of hydrogen-bond donors (Lipinski definition) is 0. The molecule has 3 nitrogen and oxygen atoms in total. The van der Waals surface area contributed by atoms with Crippen LogP contribution in [-0.2, 0) is 9.84 Å². The number of ketones is 1. The minimum absolute atomic E-state index is 0.0500. The SMILES string of the molecule is O=C1CCCS(=O)(=O)c2c(Br)cccc21. The summed E-state index contributed by atoms with van der Waals surface area (Å²) in [6.07, 6.45) is 0.713. The van der Waals surface area contributed by atoms with Crippen LogP contribution in [0.15, 0.2) is 27.6 Å². The Kier molecular flexibility index (Phi) is 2.68. The zero-order valence-corrected chi connectivity index (χ0v) is 10.3. The lowest BCUT2D eigenvalue weighted by Crippen LogP contribution is -2.07. The maximum absolute atomic E-state index is 11.9. The van der Waals surface area contributed by atoms with Crippen molar-refractivity contribution in [1.82, 2.24) is 0 Å². The fourth-order valence-electron chi connectivity index (χ4n) is 1.70. The summed E-state index contributed by atoms with van der Waals surface area (Å²) in [4.78, 5) is 11.8. The van der Waals surface area contributed by atoms with Crippen LogP contribution < -0.4 is 0 Å². The lowest BCUT2D eigenvalue weighted by atomic mass is 10.1. The van der Waals surface area contributed by atoms with E-state index in [1.165, 1.54) is 0 Å². The van der Waals surface area contributed by atoms with Crippen molar-refractivity contribution in [1.29, 1.82) is 0 Å². The van der Waals surface area contributed by atoms with Crippen molar-refractivity contribution in [3.63, 3.8) is 0 Å². The molecule has 15 heavy (non-hydrogen) atoms. The average molecular weight is 289 g/mol. The molecule has 5 heteroatoms. The molecule has 0 atom stereocenters. The quantitative estimate of drug-likeness (QED) is 0.735. The molecule has 0 saturated heterocycles. The van der Waals surface area contributed by atoms with E-state index in [1.54, 1.807) is 18.2 Å². The maximum Gasteiger partial charge on any atom is 0.180 e. The molecule has 0 fully saturated rings. The molecule has 1 aromatic rings. The van der Waals surface area contributed by atoms with Gasteiger partial charge in [-0.25, -0.2) is 8.42 Å². The summed E-state index contributed by atoms with van der Waals surface area (Å²) in [5.41, 5.74) is 0.321. The van der Waals surface area contributed by atoms with Gasteiger partial charge in [0.15, 0.2) is 15.6 Å². The smallest absolute Gasteiger partial charge is 0.180 e. The van der Waals surface area contributed by atoms with E-state index in [9.17, 15) is 13.2 Å². The van der Waals surface area contributed by atoms with E-state index in [0.29, 0.717) is 22.9 Å². The summed E-state index contributed by atoms with van der Waals surface area (Å²) in [7, 11) is -3.31. The van der Waals surface area contributed by atoms with Crippen LogP contribution >= 0.6 is 15.9 Å². The third-order valence-electron chi connectivity index (χ3n) is 2.40. The molecule has 1 aromatic carbocycles. The van der Waals surface area contributed by atoms with Crippen molar-refractivity contribution in [2.45, 2.75) is 17.7 Å². The van der Waals surface area contributed by atoms with E-state index in [4.69, 9.17) is 0 Å². The summed E-state index contributed by atoms with van der Waals surface area (Å²) in [5, 5.41) is 0. The highest BCUT2D eigenvalue weighted by molar-refractivity contribution is 9.10. The second-order valence-corrected chi connectivity index (χ2v) is 6.36. The Bertz CT molecular complexity index is 519. The number of rotatable bonds is 0. The fraction of sp³-hybridized carbons (Fsp3) is 0.300. The number of fused-ring (bicyclic) bond motifs is 1. The van der Waals surface area contributed by atoms with Crippen molar-refractivity contribution < 1.29 is 13.2 Å². The van der Waals surface area contributed by atoms with E-state index in [-0.39, 0.29) is 16.4 Å². The van der Waals surface area contributed by atoms with Crippen LogP contribution in [-0.4, -0.2) is 20.0 Å². The van der Waals surface area contributed by atoms with Gasteiger partial charge in [-0.3, -0.25) is 4.79 Å². The van der Waals surface area contributed by atoms with Gasteiger partial charge in [0.2, 0.25) is 0 Å². The number of halogens is 1. The van der Waals surface area contributed by atoms with Gasteiger partial charge in [-0.2, -0.15) is 0 Å². The number of carbonyl (C=O) groups excluding carboxylic acids is 1. The molecule has 0 amide bonds. The zero-order valence-electron chi connectivity index (χ0n) is 7.86. The molecule has 1 aliphatic rings. The maximum atomic E-state index is 11.9. The Morgan fingerprint density at radius 1 is 1.27 bits per heavy atom. The molecule has 0 spiro atoms. The molecule has 0 saturated carbocycles. The Morgan fingerprint density at radius 2 is 2.00 bits per heavy atom. The average Bonchev–Trinajstić information content (AvgIpc) is 2.26. The van der Waals surface area contributed by atoms with Gasteiger partial charge in [-0.1, -0.05) is 12.1 Å². The van der Waals surface area contributed by atoms with Gasteiger partial charge in [0.05, 0.1) is 10.6 Å². The molecule has 0 bridgehead atoms. The van der Waals surface area contributed by atoms with Crippen molar-refractivity contribution >= 4 is 31.6 Å². The molecule has 0 aromatic heterocycles. The minimum atomic E-state index is -3.31. The van der Waals surface area contributed by atoms with Gasteiger partial charge in [0, 0.05) is 16.5 Å². The minimum Gasteiger partial charge on any atom is -0.294 e. The van der Waals surface area contributed by atoms with Crippen LogP contribution in [0.3, 0.4) is 0 Å². The van der Waals surface area contributed by atoms with Crippen LogP contribution in [0.25, 0.3) is 0 Å². The first-order chi connectivity index (χ1) is 7.02. The second kappa shape index (κ2) is 3.72. The molecule has 0 N–H and O–H groups in total. The molecule has 0 aliphatic carbocycles. The Labute approximate surface area is 96.5 Å². The first kappa shape index (κ1) is 10.8. The van der Waals surface area contributed by atoms with Gasteiger partial charge in [-0.15, -0.1) is 0 Å². The molecular weight excluding hydrogens is 280 g/mol. The van der Waals surface area contributed by atoms with Crippen LogP contribution in [0.5, 0.6) is 0 Å². The van der Waals surface area contributed by atoms with Crippen molar-refractivity contribution in [3.05, 3.63) is 28.2 Å². The first-order valence-corrected chi connectivity index (χ1v) is 7.01. The number of sulfone groups is 1. The molecular formula is C10H9BrO3S. The van der Waals surface area contributed by atoms with Gasteiger partial charge in [-0.05, 0) is 28.4 Å². The lowest BCUT2D eigenvalue weighted by molar-refractivity contribution is 0.0980. The molecule has 2 rings (SSSR count). The molecule has 0 unspecified atom stereocenters. The Morgan fingerprint density at radius 3 is 2.73 bits per heavy atom. The first-order valence-electron chi connectivity index (χ1n) is 4.57. The predicted molar refractivity (Wildman–Crippen MR) is 59.8 cm³/mol. The highest BCUT2D eigenvalue weighted by Gasteiger charge is 2.28. The van der Waals surface area contributed by atoms with E-state index >= 15 is 0 Å². The number of hydrogen-bond acceptors (Lipinski definition) is 3. The summed E-state index contributed by atoms with van der Waals surface area (Å²) in [6.45, 7) is 0. The largest absolute Gasteiger partial charge is 0.294 e. The fourth-order valence-corrected chi connectivity index (χ4v) is 4.42. The lowest BCUT2D eigenvalue weighted by Gasteiger charge is -2.06. The monoisotopic (exact) mass is 288 g/mol. The van der Waals surface area contributed by atoms with E-state index in [1.807, 2.05) is 0 Å². The van der Waals surface area contributed by atoms with Crippen molar-refractivity contribution in [3.8, 4) is 0 Å². The normalized spacial score (nSPS) is 19.4. The number of Topliss-reactive ketones (excluding diaryl/α,β-unsaturated/α-hetero) is 1. The Balaban J connectivity index is 2.80. The van der Waals surface area contributed by atoms with Gasteiger partial charge >= 0.3 is 0 Å². The van der Waals surface area contributed by atoms with E-state index < -0.39 is 9.84 Å². The van der Waals surface area contributed by atoms with Crippen LogP contribution in [0.4, 0.5) is 0 Å². The molecule has 0 radical (unpaired) electrons. The molecule has 1 heterocycles. The van der Waals surface area contributed by atoms with Crippen molar-refractivity contribution in [2.75, 3.05) is 5.75 Å². The number of benzene rings is 1. The van der Waals surface area contributed by atoms with Gasteiger partial charge < -0.3 is 0 Å². The summed E-state index contributed by atoms with van der Waals surface area (Å²) in [6, 6.07) is 4.90. The Hall–Kier alpha value is -0.680. The zero-order chi connectivity index (χ0) is 11.1. The van der Waals surface area contributed by atoms with Gasteiger partial charge in [0.25, 0.3) is 0 Å². The predicted octanol–water partition coefficient (Wildman–Crippen LogP) is 2.20. The topological polar surface area (TPSA) is 51.2 Å². The number of carbonyl (C=O) groups is 1. The van der Waals surface area contributed by atoms with Crippen molar-refractivity contribution in [2.24, 2.45) is 0 Å². The van der Waals surface area contributed by atoms with E-state index in [2.05, 4.69) is 15.9 Å². The van der Waals surface area contributed by atoms with Crippen LogP contribution in [0.2, 0.25) is 0 Å². The van der Waals surface area contributed by atoms with Gasteiger partial charge in [0.1, 0.15) is 0 Å². The highest BCUT2D eigenvalue weighted by Crippen LogP contribution is 2.30. The third-order valence-corrected chi connectivity index (χ3v) is 5.21. The van der Waals surface area contributed by atoms with E-state index in [0.717, 1.165) is 0 Å². The summed E-state index contributed by atoms with van der Waals surface area (Å²) in [5.74, 6) is -0.0404. The summed E-state index contributed by atoms with van der Waals surface area (Å²) < 4.78 is 24.2. The van der Waals surface area contributed by atoms with Crippen LogP contribution in [0, 0.1) is 0 Å². The summed E-state index contributed by atoms with van der Waals surface area (Å²) >= 11 is 3.19. The highest BCUT2D eigenvalue weighted by atomic mass is 79.9. The second-order valence-electron chi connectivity index (χ2n) is 3.46. The molecule has 1 aliphatic heterocycles. The standard InChI is InChI=1S/C10H9BrO3S/c11-8-4-1-3-7-9(12)5-2-6-15(13,14)10(7)8/h1,3-4H,2,5-6H2. The molecule has 80 valence electrons.